The first-order valence-electron chi connectivity index (χ1n) is 10.5. The Balaban J connectivity index is 1.39. The van der Waals surface area contributed by atoms with Crippen LogP contribution in [0.3, 0.4) is 0 Å². The highest BCUT2D eigenvalue weighted by Gasteiger charge is 2.23. The molecule has 170 valence electrons. The van der Waals surface area contributed by atoms with Crippen LogP contribution in [-0.2, 0) is 11.2 Å². The fourth-order valence-corrected chi connectivity index (χ4v) is 3.92. The second-order valence-electron chi connectivity index (χ2n) is 7.70. The maximum Gasteiger partial charge on any atom is 0.255 e. The maximum absolute atomic E-state index is 14.3. The van der Waals surface area contributed by atoms with Crippen molar-refractivity contribution in [1.82, 2.24) is 0 Å². The van der Waals surface area contributed by atoms with Crippen LogP contribution in [0.15, 0.2) is 60.7 Å². The third-order valence-electron chi connectivity index (χ3n) is 5.42. The van der Waals surface area contributed by atoms with Gasteiger partial charge in [-0.25, -0.2) is 8.78 Å². The number of nitrogens with zero attached hydrogens (tertiary/aromatic N) is 1. The number of carbonyl (C=O) groups is 2. The molecule has 0 radical (unpaired) electrons. The van der Waals surface area contributed by atoms with Crippen LogP contribution in [-0.4, -0.2) is 32.0 Å². The molecular formula is C25H23F2N3O3. The zero-order valence-corrected chi connectivity index (χ0v) is 18.0. The smallest absolute Gasteiger partial charge is 0.255 e. The summed E-state index contributed by atoms with van der Waals surface area (Å²) in [5.74, 6) is -1.38. The van der Waals surface area contributed by atoms with E-state index in [1.165, 1.54) is 13.2 Å². The molecule has 0 aromatic heterocycles. The van der Waals surface area contributed by atoms with E-state index in [0.717, 1.165) is 6.07 Å². The second-order valence-corrected chi connectivity index (χ2v) is 7.70. The number of rotatable bonds is 6. The summed E-state index contributed by atoms with van der Waals surface area (Å²) < 4.78 is 33.1. The van der Waals surface area contributed by atoms with Gasteiger partial charge >= 0.3 is 0 Å². The number of nitrogens with one attached hydrogen (secondary N) is 2. The minimum atomic E-state index is -0.664. The largest absolute Gasteiger partial charge is 0.495 e. The van der Waals surface area contributed by atoms with Crippen molar-refractivity contribution in [2.75, 3.05) is 35.7 Å². The number of carbonyl (C=O) groups excluding carboxylic acids is 2. The van der Waals surface area contributed by atoms with Gasteiger partial charge < -0.3 is 20.3 Å². The first-order chi connectivity index (χ1) is 15.9. The lowest BCUT2D eigenvalue weighted by molar-refractivity contribution is -0.115. The van der Waals surface area contributed by atoms with Crippen LogP contribution in [0.4, 0.5) is 25.8 Å². The fourth-order valence-electron chi connectivity index (χ4n) is 3.92. The number of methoxy groups -OCH3 is 1. The summed E-state index contributed by atoms with van der Waals surface area (Å²) in [6, 6.07) is 15.7. The van der Waals surface area contributed by atoms with Crippen LogP contribution in [0.25, 0.3) is 0 Å². The predicted octanol–water partition coefficient (Wildman–Crippen LogP) is 4.62. The van der Waals surface area contributed by atoms with E-state index in [2.05, 4.69) is 10.6 Å². The van der Waals surface area contributed by atoms with Crippen LogP contribution in [0.1, 0.15) is 22.3 Å². The van der Waals surface area contributed by atoms with E-state index < -0.39 is 11.6 Å². The monoisotopic (exact) mass is 451 g/mol. The number of benzene rings is 3. The quantitative estimate of drug-likeness (QED) is 0.574. The Morgan fingerprint density at radius 1 is 1.03 bits per heavy atom. The molecule has 33 heavy (non-hydrogen) atoms. The lowest BCUT2D eigenvalue weighted by atomic mass is 10.0. The fraction of sp³-hybridized carbons (Fsp3) is 0.200. The summed E-state index contributed by atoms with van der Waals surface area (Å²) >= 11 is 0. The Morgan fingerprint density at radius 3 is 2.55 bits per heavy atom. The number of ether oxygens (including phenoxy) is 1. The minimum absolute atomic E-state index is 0.0639. The van der Waals surface area contributed by atoms with Gasteiger partial charge in [0.05, 0.1) is 25.0 Å². The van der Waals surface area contributed by atoms with E-state index in [0.29, 0.717) is 47.6 Å². The van der Waals surface area contributed by atoms with Gasteiger partial charge in [0.2, 0.25) is 5.91 Å². The number of amides is 2. The highest BCUT2D eigenvalue weighted by atomic mass is 19.1. The van der Waals surface area contributed by atoms with Gasteiger partial charge in [0.15, 0.2) is 0 Å². The van der Waals surface area contributed by atoms with E-state index in [1.54, 1.807) is 53.4 Å². The van der Waals surface area contributed by atoms with E-state index in [-0.39, 0.29) is 24.0 Å². The van der Waals surface area contributed by atoms with Crippen molar-refractivity contribution in [3.63, 3.8) is 0 Å². The van der Waals surface area contributed by atoms with Gasteiger partial charge in [-0.05, 0) is 60.9 Å². The van der Waals surface area contributed by atoms with Crippen molar-refractivity contribution < 1.29 is 23.1 Å². The molecule has 2 amide bonds. The normalized spacial score (nSPS) is 12.6. The van der Waals surface area contributed by atoms with Crippen LogP contribution < -0.4 is 20.3 Å². The molecule has 0 aliphatic carbocycles. The molecule has 1 aliphatic heterocycles. The summed E-state index contributed by atoms with van der Waals surface area (Å²) in [5, 5.41) is 5.55. The molecule has 0 spiro atoms. The number of hydrogen-bond acceptors (Lipinski definition) is 4. The van der Waals surface area contributed by atoms with Gasteiger partial charge in [0.1, 0.15) is 17.4 Å². The van der Waals surface area contributed by atoms with Crippen molar-refractivity contribution in [2.45, 2.75) is 12.8 Å². The maximum atomic E-state index is 14.3. The Labute approximate surface area is 190 Å². The molecule has 0 fully saturated rings. The summed E-state index contributed by atoms with van der Waals surface area (Å²) in [6.45, 7) is 0.441. The molecule has 0 saturated heterocycles. The Hall–Kier alpha value is -3.94. The van der Waals surface area contributed by atoms with Gasteiger partial charge in [-0.3, -0.25) is 9.59 Å². The Morgan fingerprint density at radius 2 is 1.79 bits per heavy atom. The molecular weight excluding hydrogens is 428 g/mol. The van der Waals surface area contributed by atoms with E-state index in [1.807, 2.05) is 0 Å². The Kier molecular flexibility index (Phi) is 6.53. The van der Waals surface area contributed by atoms with Gasteiger partial charge in [0.25, 0.3) is 5.91 Å². The summed E-state index contributed by atoms with van der Waals surface area (Å²) in [7, 11) is 1.53. The molecule has 4 rings (SSSR count). The van der Waals surface area contributed by atoms with Gasteiger partial charge in [-0.1, -0.05) is 12.1 Å². The Bertz CT molecular complexity index is 1180. The molecule has 1 heterocycles. The summed E-state index contributed by atoms with van der Waals surface area (Å²) in [4.78, 5) is 26.7. The van der Waals surface area contributed by atoms with Crippen molar-refractivity contribution in [2.24, 2.45) is 0 Å². The molecule has 1 aliphatic rings. The average Bonchev–Trinajstić information content (AvgIpc) is 2.79. The zero-order chi connectivity index (χ0) is 23.4. The first-order valence-corrected chi connectivity index (χ1v) is 10.5. The number of fused-ring (bicyclic) bond motifs is 1. The molecule has 2 N–H and O–H groups in total. The topological polar surface area (TPSA) is 70.7 Å². The standard InChI is InChI=1S/C25H23F2N3O3/c1-33-22-7-3-2-6-21(22)29-25(32)16-8-10-19(11-9-16)28-23(31)15-30-12-4-5-17-13-18(26)14-20(27)24(17)30/h2-3,6-11,13-14H,4-5,12,15H2,1H3,(H,28,31)(H,29,32). The number of hydrogen-bond donors (Lipinski definition) is 2. The number of para-hydroxylation sites is 2. The van der Waals surface area contributed by atoms with Gasteiger partial charge in [-0.2, -0.15) is 0 Å². The van der Waals surface area contributed by atoms with Crippen LogP contribution in [0.5, 0.6) is 5.75 Å². The first kappa shape index (κ1) is 22.3. The van der Waals surface area contributed by atoms with E-state index >= 15 is 0 Å². The third-order valence-corrected chi connectivity index (χ3v) is 5.42. The van der Waals surface area contributed by atoms with Gasteiger partial charge in [0, 0.05) is 23.9 Å². The molecule has 0 saturated carbocycles. The highest BCUT2D eigenvalue weighted by Crippen LogP contribution is 2.31. The van der Waals surface area contributed by atoms with Crippen LogP contribution in [0, 0.1) is 11.6 Å². The van der Waals surface area contributed by atoms with E-state index in [4.69, 9.17) is 4.74 Å². The van der Waals surface area contributed by atoms with Gasteiger partial charge in [-0.15, -0.1) is 0 Å². The zero-order valence-electron chi connectivity index (χ0n) is 18.0. The molecule has 0 bridgehead atoms. The molecule has 3 aromatic carbocycles. The highest BCUT2D eigenvalue weighted by molar-refractivity contribution is 6.05. The number of aryl methyl sites for hydroxylation is 1. The number of halogens is 2. The predicted molar refractivity (Wildman–Crippen MR) is 123 cm³/mol. The molecule has 0 unspecified atom stereocenters. The molecule has 0 atom stereocenters. The van der Waals surface area contributed by atoms with Crippen LogP contribution >= 0.6 is 0 Å². The lowest BCUT2D eigenvalue weighted by Gasteiger charge is -2.31. The SMILES string of the molecule is COc1ccccc1NC(=O)c1ccc(NC(=O)CN2CCCc3cc(F)cc(F)c32)cc1. The van der Waals surface area contributed by atoms with E-state index in [9.17, 15) is 18.4 Å². The van der Waals surface area contributed by atoms with Crippen molar-refractivity contribution >= 4 is 28.9 Å². The van der Waals surface area contributed by atoms with Crippen molar-refractivity contribution in [1.29, 1.82) is 0 Å². The minimum Gasteiger partial charge on any atom is -0.495 e. The lowest BCUT2D eigenvalue weighted by Crippen LogP contribution is -2.37. The number of anilines is 3. The summed E-state index contributed by atoms with van der Waals surface area (Å²) in [6.07, 6.45) is 1.28. The summed E-state index contributed by atoms with van der Waals surface area (Å²) in [5.41, 5.74) is 2.31. The average molecular weight is 451 g/mol. The molecule has 6 nitrogen and oxygen atoms in total. The van der Waals surface area contributed by atoms with Crippen molar-refractivity contribution in [3.8, 4) is 5.75 Å². The second kappa shape index (κ2) is 9.68. The third kappa shape index (κ3) is 5.11. The van der Waals surface area contributed by atoms with Crippen LogP contribution in [0.2, 0.25) is 0 Å². The van der Waals surface area contributed by atoms with Crippen molar-refractivity contribution in [3.05, 3.63) is 83.4 Å². The molecule has 3 aromatic rings. The molecule has 8 heteroatoms.